The summed E-state index contributed by atoms with van der Waals surface area (Å²) in [5.41, 5.74) is 0.996. The number of amides is 1. The summed E-state index contributed by atoms with van der Waals surface area (Å²) >= 11 is 1.47. The third-order valence-electron chi connectivity index (χ3n) is 2.19. The van der Waals surface area contributed by atoms with Gasteiger partial charge >= 0.3 is 0 Å². The monoisotopic (exact) mass is 265 g/mol. The third-order valence-corrected chi connectivity index (χ3v) is 3.19. The highest BCUT2D eigenvalue weighted by Crippen LogP contribution is 2.13. The van der Waals surface area contributed by atoms with E-state index in [4.69, 9.17) is 0 Å². The predicted octanol–water partition coefficient (Wildman–Crippen LogP) is 2.42. The molecule has 0 aliphatic heterocycles. The van der Waals surface area contributed by atoms with Crippen molar-refractivity contribution in [3.63, 3.8) is 0 Å². The zero-order valence-electron chi connectivity index (χ0n) is 9.52. The lowest BCUT2D eigenvalue weighted by Crippen LogP contribution is -2.14. The normalized spacial score (nSPS) is 10.3. The molecule has 0 spiro atoms. The lowest BCUT2D eigenvalue weighted by molar-refractivity contribution is -0.113. The van der Waals surface area contributed by atoms with Gasteiger partial charge in [0.25, 0.3) is 0 Å². The number of hydrogen-bond acceptors (Lipinski definition) is 3. The van der Waals surface area contributed by atoms with E-state index in [1.165, 1.54) is 23.9 Å². The van der Waals surface area contributed by atoms with E-state index in [-0.39, 0.29) is 11.7 Å². The highest BCUT2D eigenvalue weighted by Gasteiger charge is 2.03. The second kappa shape index (κ2) is 6.20. The van der Waals surface area contributed by atoms with Gasteiger partial charge in [-0.3, -0.25) is 9.89 Å². The largest absolute Gasteiger partial charge is 0.310 e. The Morgan fingerprint density at radius 3 is 2.78 bits per heavy atom. The number of anilines is 1. The van der Waals surface area contributed by atoms with Crippen molar-refractivity contribution in [3.8, 4) is 0 Å². The van der Waals surface area contributed by atoms with Gasteiger partial charge in [0.2, 0.25) is 5.91 Å². The minimum atomic E-state index is -0.249. The fourth-order valence-corrected chi connectivity index (χ4v) is 2.14. The zero-order chi connectivity index (χ0) is 12.8. The third kappa shape index (κ3) is 3.89. The number of H-pyrrole nitrogens is 1. The summed E-state index contributed by atoms with van der Waals surface area (Å²) < 4.78 is 12.7. The number of halogens is 1. The summed E-state index contributed by atoms with van der Waals surface area (Å²) in [5, 5.41) is 9.06. The Hall–Kier alpha value is -1.82. The number of aromatic amines is 1. The van der Waals surface area contributed by atoms with Gasteiger partial charge < -0.3 is 5.32 Å². The number of hydrogen-bond donors (Lipinski definition) is 2. The Bertz CT molecular complexity index is 499. The van der Waals surface area contributed by atoms with Crippen LogP contribution in [0.5, 0.6) is 0 Å². The van der Waals surface area contributed by atoms with Crippen LogP contribution in [0.25, 0.3) is 0 Å². The van der Waals surface area contributed by atoms with Crippen LogP contribution in [0, 0.1) is 5.82 Å². The Kier molecular flexibility index (Phi) is 4.35. The molecule has 0 fully saturated rings. The minimum absolute atomic E-state index is 0.0913. The Morgan fingerprint density at radius 2 is 2.11 bits per heavy atom. The molecule has 2 aromatic rings. The smallest absolute Gasteiger partial charge is 0.235 e. The number of thioether (sulfide) groups is 1. The first-order valence-electron chi connectivity index (χ1n) is 5.35. The quantitative estimate of drug-likeness (QED) is 0.873. The van der Waals surface area contributed by atoms with Crippen LogP contribution in [0.3, 0.4) is 0 Å². The average molecular weight is 265 g/mol. The van der Waals surface area contributed by atoms with Gasteiger partial charge in [0, 0.05) is 11.8 Å². The molecule has 2 N–H and O–H groups in total. The van der Waals surface area contributed by atoms with Gasteiger partial charge in [-0.05, 0) is 17.7 Å². The fourth-order valence-electron chi connectivity index (χ4n) is 1.35. The van der Waals surface area contributed by atoms with Crippen molar-refractivity contribution in [2.75, 3.05) is 11.1 Å². The number of nitrogens with zero attached hydrogens (tertiary/aromatic N) is 1. The average Bonchev–Trinajstić information content (AvgIpc) is 2.84. The SMILES string of the molecule is O=C(CSCc1ccc(F)cc1)Nc1ccn[nH]1. The molecule has 0 unspecified atom stereocenters. The number of benzene rings is 1. The van der Waals surface area contributed by atoms with Gasteiger partial charge in [-0.15, -0.1) is 11.8 Å². The molecule has 0 saturated heterocycles. The lowest BCUT2D eigenvalue weighted by atomic mass is 10.2. The molecule has 1 aromatic carbocycles. The van der Waals surface area contributed by atoms with Crippen LogP contribution < -0.4 is 5.32 Å². The maximum atomic E-state index is 12.7. The summed E-state index contributed by atoms with van der Waals surface area (Å²) in [5.74, 6) is 1.27. The van der Waals surface area contributed by atoms with E-state index in [0.717, 1.165) is 5.56 Å². The molecule has 0 radical (unpaired) electrons. The maximum Gasteiger partial charge on any atom is 0.235 e. The van der Waals surface area contributed by atoms with E-state index in [0.29, 0.717) is 17.3 Å². The molecule has 94 valence electrons. The summed E-state index contributed by atoms with van der Waals surface area (Å²) in [6.45, 7) is 0. The molecule has 1 aromatic heterocycles. The van der Waals surface area contributed by atoms with Gasteiger partial charge in [0.05, 0.1) is 11.9 Å². The second-order valence-corrected chi connectivity index (χ2v) is 4.62. The summed E-state index contributed by atoms with van der Waals surface area (Å²) in [7, 11) is 0. The van der Waals surface area contributed by atoms with Crippen molar-refractivity contribution >= 4 is 23.5 Å². The highest BCUT2D eigenvalue weighted by atomic mass is 32.2. The molecular formula is C12H12FN3OS. The molecule has 4 nitrogen and oxygen atoms in total. The van der Waals surface area contributed by atoms with Crippen LogP contribution in [0.1, 0.15) is 5.56 Å². The molecule has 1 heterocycles. The highest BCUT2D eigenvalue weighted by molar-refractivity contribution is 7.99. The molecule has 1 amide bonds. The molecule has 0 atom stereocenters. The van der Waals surface area contributed by atoms with Crippen molar-refractivity contribution < 1.29 is 9.18 Å². The zero-order valence-corrected chi connectivity index (χ0v) is 10.3. The van der Waals surface area contributed by atoms with Gasteiger partial charge in [-0.25, -0.2) is 4.39 Å². The summed E-state index contributed by atoms with van der Waals surface area (Å²) in [4.78, 5) is 11.5. The fraction of sp³-hybridized carbons (Fsp3) is 0.167. The molecule has 0 bridgehead atoms. The predicted molar refractivity (Wildman–Crippen MR) is 69.8 cm³/mol. The van der Waals surface area contributed by atoms with Gasteiger partial charge in [-0.2, -0.15) is 5.10 Å². The minimum Gasteiger partial charge on any atom is -0.310 e. The van der Waals surface area contributed by atoms with Crippen LogP contribution >= 0.6 is 11.8 Å². The molecule has 2 rings (SSSR count). The van der Waals surface area contributed by atoms with E-state index < -0.39 is 0 Å². The topological polar surface area (TPSA) is 57.8 Å². The first kappa shape index (κ1) is 12.6. The first-order valence-corrected chi connectivity index (χ1v) is 6.51. The summed E-state index contributed by atoms with van der Waals surface area (Å²) in [6, 6.07) is 7.95. The number of rotatable bonds is 5. The van der Waals surface area contributed by atoms with Crippen LogP contribution in [-0.4, -0.2) is 21.9 Å². The van der Waals surface area contributed by atoms with Crippen LogP contribution in [0.2, 0.25) is 0 Å². The van der Waals surface area contributed by atoms with Crippen molar-refractivity contribution in [3.05, 3.63) is 47.9 Å². The van der Waals surface area contributed by atoms with E-state index in [9.17, 15) is 9.18 Å². The van der Waals surface area contributed by atoms with E-state index in [1.807, 2.05) is 0 Å². The standard InChI is InChI=1S/C12H12FN3OS/c13-10-3-1-9(2-4-10)7-18-8-12(17)15-11-5-6-14-16-11/h1-6H,7-8H2,(H2,14,15,16,17). The van der Waals surface area contributed by atoms with Crippen molar-refractivity contribution in [2.45, 2.75) is 5.75 Å². The van der Waals surface area contributed by atoms with Gasteiger partial charge in [-0.1, -0.05) is 12.1 Å². The van der Waals surface area contributed by atoms with E-state index >= 15 is 0 Å². The van der Waals surface area contributed by atoms with Crippen LogP contribution in [0.15, 0.2) is 36.5 Å². The van der Waals surface area contributed by atoms with Crippen LogP contribution in [-0.2, 0) is 10.5 Å². The molecule has 0 aliphatic rings. The number of carbonyl (C=O) groups is 1. The number of aromatic nitrogens is 2. The summed E-state index contributed by atoms with van der Waals surface area (Å²) in [6.07, 6.45) is 1.57. The molecule has 18 heavy (non-hydrogen) atoms. The number of carbonyl (C=O) groups excluding carboxylic acids is 1. The molecule has 0 saturated carbocycles. The van der Waals surface area contributed by atoms with Crippen LogP contribution in [0.4, 0.5) is 10.2 Å². The molecule has 0 aliphatic carbocycles. The van der Waals surface area contributed by atoms with Crippen molar-refractivity contribution in [1.29, 1.82) is 0 Å². The molecule has 6 heteroatoms. The Labute approximate surface area is 108 Å². The Morgan fingerprint density at radius 1 is 1.33 bits per heavy atom. The van der Waals surface area contributed by atoms with E-state index in [2.05, 4.69) is 15.5 Å². The Balaban J connectivity index is 1.72. The van der Waals surface area contributed by atoms with Crippen molar-refractivity contribution in [2.24, 2.45) is 0 Å². The van der Waals surface area contributed by atoms with E-state index in [1.54, 1.807) is 24.4 Å². The van der Waals surface area contributed by atoms with Gasteiger partial charge in [0.1, 0.15) is 11.6 Å². The lowest BCUT2D eigenvalue weighted by Gasteiger charge is -2.03. The first-order chi connectivity index (χ1) is 8.74. The molecular weight excluding hydrogens is 253 g/mol. The second-order valence-electron chi connectivity index (χ2n) is 3.64. The number of nitrogens with one attached hydrogen (secondary N) is 2. The van der Waals surface area contributed by atoms with Gasteiger partial charge in [0.15, 0.2) is 0 Å². The van der Waals surface area contributed by atoms with Crippen molar-refractivity contribution in [1.82, 2.24) is 10.2 Å². The maximum absolute atomic E-state index is 12.7.